The zero-order chi connectivity index (χ0) is 19.6. The molecule has 0 saturated heterocycles. The minimum Gasteiger partial charge on any atom is -0.454 e. The summed E-state index contributed by atoms with van der Waals surface area (Å²) in [4.78, 5) is 8.52. The number of para-hydroxylation sites is 1. The second-order valence-electron chi connectivity index (χ2n) is 6.19. The first-order chi connectivity index (χ1) is 13.7. The van der Waals surface area contributed by atoms with Crippen LogP contribution >= 0.6 is 0 Å². The maximum Gasteiger partial charge on any atom is 0.188 e. The van der Waals surface area contributed by atoms with Crippen molar-refractivity contribution in [1.82, 2.24) is 10.3 Å². The van der Waals surface area contributed by atoms with E-state index in [9.17, 15) is 4.39 Å². The highest BCUT2D eigenvalue weighted by molar-refractivity contribution is 5.77. The summed E-state index contributed by atoms with van der Waals surface area (Å²) in [6.07, 6.45) is 3.12. The molecule has 3 rings (SSSR count). The van der Waals surface area contributed by atoms with Crippen molar-refractivity contribution in [3.8, 4) is 11.5 Å². The molecule has 3 N–H and O–H groups in total. The van der Waals surface area contributed by atoms with Crippen molar-refractivity contribution >= 4 is 5.96 Å². The number of pyridine rings is 1. The highest BCUT2D eigenvalue weighted by Crippen LogP contribution is 2.24. The molecule has 0 spiro atoms. The number of benzene rings is 2. The van der Waals surface area contributed by atoms with Gasteiger partial charge in [0, 0.05) is 31.4 Å². The van der Waals surface area contributed by atoms with E-state index in [1.54, 1.807) is 24.4 Å². The zero-order valence-electron chi connectivity index (χ0n) is 15.5. The van der Waals surface area contributed by atoms with Crippen molar-refractivity contribution in [2.24, 2.45) is 10.7 Å². The predicted molar refractivity (Wildman–Crippen MR) is 109 cm³/mol. The Kier molecular flexibility index (Phi) is 6.95. The maximum absolute atomic E-state index is 14.2. The number of ether oxygens (including phenoxy) is 1. The molecule has 144 valence electrons. The van der Waals surface area contributed by atoms with Gasteiger partial charge in [-0.1, -0.05) is 30.3 Å². The van der Waals surface area contributed by atoms with Gasteiger partial charge in [0.1, 0.15) is 5.75 Å². The second kappa shape index (κ2) is 10.1. The van der Waals surface area contributed by atoms with Crippen molar-refractivity contribution in [2.45, 2.75) is 12.8 Å². The van der Waals surface area contributed by atoms with Crippen molar-refractivity contribution in [1.29, 1.82) is 0 Å². The van der Waals surface area contributed by atoms with E-state index in [1.165, 1.54) is 6.07 Å². The van der Waals surface area contributed by atoms with Crippen LogP contribution in [0.4, 0.5) is 4.39 Å². The van der Waals surface area contributed by atoms with Crippen LogP contribution in [0.3, 0.4) is 0 Å². The summed E-state index contributed by atoms with van der Waals surface area (Å²) in [5.74, 6) is 0.794. The smallest absolute Gasteiger partial charge is 0.188 e. The lowest BCUT2D eigenvalue weighted by Crippen LogP contribution is -2.33. The van der Waals surface area contributed by atoms with Crippen LogP contribution in [0.5, 0.6) is 11.5 Å². The number of hydrogen-bond donors (Lipinski definition) is 2. The molecule has 1 heterocycles. The molecule has 0 saturated carbocycles. The average molecular weight is 378 g/mol. The fourth-order valence-corrected chi connectivity index (χ4v) is 2.63. The third-order valence-electron chi connectivity index (χ3n) is 4.06. The van der Waals surface area contributed by atoms with E-state index in [0.717, 1.165) is 17.7 Å². The first-order valence-electron chi connectivity index (χ1n) is 9.16. The zero-order valence-corrected chi connectivity index (χ0v) is 15.5. The maximum atomic E-state index is 14.2. The third kappa shape index (κ3) is 6.09. The molecule has 3 aromatic rings. The second-order valence-corrected chi connectivity index (χ2v) is 6.19. The quantitative estimate of drug-likeness (QED) is 0.463. The van der Waals surface area contributed by atoms with Crippen LogP contribution in [0.15, 0.2) is 77.9 Å². The van der Waals surface area contributed by atoms with Gasteiger partial charge in [0.05, 0.1) is 0 Å². The highest BCUT2D eigenvalue weighted by atomic mass is 19.1. The SMILES string of the molecule is NC(=NCCc1ccccn1)NCCc1ccc(Oc2ccccc2)c(F)c1. The number of nitrogens with zero attached hydrogens (tertiary/aromatic N) is 2. The molecule has 0 unspecified atom stereocenters. The van der Waals surface area contributed by atoms with Crippen LogP contribution in [-0.4, -0.2) is 24.0 Å². The largest absolute Gasteiger partial charge is 0.454 e. The number of hydrogen-bond acceptors (Lipinski definition) is 3. The number of nitrogens with one attached hydrogen (secondary N) is 1. The number of nitrogens with two attached hydrogens (primary N) is 1. The molecule has 5 nitrogen and oxygen atoms in total. The number of halogens is 1. The summed E-state index contributed by atoms with van der Waals surface area (Å²) < 4.78 is 19.8. The fraction of sp³-hybridized carbons (Fsp3) is 0.182. The Hall–Kier alpha value is -3.41. The minimum atomic E-state index is -0.390. The van der Waals surface area contributed by atoms with Crippen LogP contribution in [0.1, 0.15) is 11.3 Å². The molecule has 28 heavy (non-hydrogen) atoms. The lowest BCUT2D eigenvalue weighted by atomic mass is 10.1. The van der Waals surface area contributed by atoms with Gasteiger partial charge in [-0.3, -0.25) is 9.98 Å². The minimum absolute atomic E-state index is 0.207. The Morgan fingerprint density at radius 1 is 1.04 bits per heavy atom. The molecule has 0 aliphatic rings. The highest BCUT2D eigenvalue weighted by Gasteiger charge is 2.06. The van der Waals surface area contributed by atoms with Gasteiger partial charge in [0.15, 0.2) is 17.5 Å². The van der Waals surface area contributed by atoms with Crippen LogP contribution in [0.25, 0.3) is 0 Å². The number of aliphatic imine (C=N–C) groups is 1. The van der Waals surface area contributed by atoms with Gasteiger partial charge in [0.2, 0.25) is 0 Å². The molecule has 0 aliphatic heterocycles. The Balaban J connectivity index is 1.44. The molecule has 0 bridgehead atoms. The fourth-order valence-electron chi connectivity index (χ4n) is 2.63. The van der Waals surface area contributed by atoms with Gasteiger partial charge < -0.3 is 15.8 Å². The number of aromatic nitrogens is 1. The average Bonchev–Trinajstić information content (AvgIpc) is 2.72. The van der Waals surface area contributed by atoms with Gasteiger partial charge in [-0.2, -0.15) is 0 Å². The van der Waals surface area contributed by atoms with Crippen LogP contribution in [0.2, 0.25) is 0 Å². The summed E-state index contributed by atoms with van der Waals surface area (Å²) in [5.41, 5.74) is 7.70. The van der Waals surface area contributed by atoms with Crippen molar-refractivity contribution in [3.63, 3.8) is 0 Å². The molecule has 2 aromatic carbocycles. The van der Waals surface area contributed by atoms with Gasteiger partial charge in [0.25, 0.3) is 0 Å². The standard InChI is InChI=1S/C22H23FN4O/c23-20-16-17(9-10-21(20)28-19-7-2-1-3-8-19)11-14-26-22(24)27-15-12-18-6-4-5-13-25-18/h1-10,13,16H,11-12,14-15H2,(H3,24,26,27). The monoisotopic (exact) mass is 378 g/mol. The molecule has 0 atom stereocenters. The number of guanidine groups is 1. The van der Waals surface area contributed by atoms with Crippen LogP contribution in [0, 0.1) is 5.82 Å². The summed E-state index contributed by atoms with van der Waals surface area (Å²) in [6.45, 7) is 1.13. The van der Waals surface area contributed by atoms with E-state index in [2.05, 4.69) is 15.3 Å². The van der Waals surface area contributed by atoms with E-state index < -0.39 is 5.82 Å². The van der Waals surface area contributed by atoms with Gasteiger partial charge in [-0.15, -0.1) is 0 Å². The Morgan fingerprint density at radius 2 is 1.86 bits per heavy atom. The van der Waals surface area contributed by atoms with Crippen molar-refractivity contribution in [2.75, 3.05) is 13.1 Å². The van der Waals surface area contributed by atoms with Gasteiger partial charge in [-0.05, 0) is 48.4 Å². The summed E-state index contributed by atoms with van der Waals surface area (Å²) >= 11 is 0. The van der Waals surface area contributed by atoms with E-state index >= 15 is 0 Å². The Morgan fingerprint density at radius 3 is 2.61 bits per heavy atom. The van der Waals surface area contributed by atoms with Crippen LogP contribution < -0.4 is 15.8 Å². The summed E-state index contributed by atoms with van der Waals surface area (Å²) in [7, 11) is 0. The molecule has 0 amide bonds. The summed E-state index contributed by atoms with van der Waals surface area (Å²) in [5, 5.41) is 3.04. The molecule has 0 radical (unpaired) electrons. The van der Waals surface area contributed by atoms with Crippen LogP contribution in [-0.2, 0) is 12.8 Å². The number of rotatable bonds is 8. The molecule has 0 aliphatic carbocycles. The molecular weight excluding hydrogens is 355 g/mol. The lowest BCUT2D eigenvalue weighted by molar-refractivity contribution is 0.441. The third-order valence-corrected chi connectivity index (χ3v) is 4.06. The van der Waals surface area contributed by atoms with E-state index in [0.29, 0.717) is 31.2 Å². The molecular formula is C22H23FN4O. The Labute approximate surface area is 164 Å². The first-order valence-corrected chi connectivity index (χ1v) is 9.16. The van der Waals surface area contributed by atoms with Gasteiger partial charge in [-0.25, -0.2) is 4.39 Å². The lowest BCUT2D eigenvalue weighted by Gasteiger charge is -2.09. The summed E-state index contributed by atoms with van der Waals surface area (Å²) in [6, 6.07) is 19.9. The van der Waals surface area contributed by atoms with E-state index in [-0.39, 0.29) is 5.75 Å². The first kappa shape index (κ1) is 19.4. The topological polar surface area (TPSA) is 72.5 Å². The van der Waals surface area contributed by atoms with Crippen molar-refractivity contribution < 1.29 is 9.13 Å². The molecule has 6 heteroatoms. The molecule has 0 fully saturated rings. The van der Waals surface area contributed by atoms with Crippen molar-refractivity contribution in [3.05, 3.63) is 90.0 Å². The van der Waals surface area contributed by atoms with E-state index in [1.807, 2.05) is 42.5 Å². The molecule has 1 aromatic heterocycles. The normalized spacial score (nSPS) is 11.2. The predicted octanol–water partition coefficient (Wildman–Crippen LogP) is 3.70. The van der Waals surface area contributed by atoms with Gasteiger partial charge >= 0.3 is 0 Å². The Bertz CT molecular complexity index is 901. The van der Waals surface area contributed by atoms with E-state index in [4.69, 9.17) is 10.5 Å².